The molecule has 0 spiro atoms. The molecule has 0 saturated carbocycles. The fourth-order valence-electron chi connectivity index (χ4n) is 1.24. The Kier molecular flexibility index (Phi) is 2.86. The van der Waals surface area contributed by atoms with Gasteiger partial charge in [-0.25, -0.2) is 0 Å². The van der Waals surface area contributed by atoms with Crippen LogP contribution in [0.1, 0.15) is 5.69 Å². The zero-order valence-electron chi connectivity index (χ0n) is 7.85. The summed E-state index contributed by atoms with van der Waals surface area (Å²) in [5.41, 5.74) is 0.652. The first-order valence-corrected chi connectivity index (χ1v) is 5.11. The Balaban J connectivity index is 2.35. The van der Waals surface area contributed by atoms with Crippen molar-refractivity contribution in [2.45, 2.75) is 5.38 Å². The minimum Gasteiger partial charge on any atom is -0.274 e. The molecule has 1 aromatic carbocycles. The number of rotatable bonds is 2. The van der Waals surface area contributed by atoms with Gasteiger partial charge < -0.3 is 0 Å². The molecule has 1 aromatic heterocycles. The monoisotopic (exact) mass is 262 g/mol. The molecule has 0 aliphatic rings. The van der Waals surface area contributed by atoms with Gasteiger partial charge in [0.2, 0.25) is 0 Å². The lowest BCUT2D eigenvalue weighted by atomic mass is 10.1. The van der Waals surface area contributed by atoms with E-state index in [9.17, 15) is 8.78 Å². The fourth-order valence-corrected chi connectivity index (χ4v) is 1.46. The molecule has 0 aliphatic carbocycles. The molecule has 6 heteroatoms. The van der Waals surface area contributed by atoms with Gasteiger partial charge >= 0.3 is 5.38 Å². The summed E-state index contributed by atoms with van der Waals surface area (Å²) in [5.74, 6) is 0. The number of aromatic amines is 1. The van der Waals surface area contributed by atoms with Crippen LogP contribution in [0.4, 0.5) is 8.78 Å². The van der Waals surface area contributed by atoms with Gasteiger partial charge in [-0.05, 0) is 29.8 Å². The molecule has 0 saturated heterocycles. The Morgan fingerprint density at radius 3 is 2.31 bits per heavy atom. The number of nitrogens with zero attached hydrogens (tertiary/aromatic N) is 1. The van der Waals surface area contributed by atoms with Crippen LogP contribution >= 0.6 is 23.2 Å². The molecule has 2 nitrogen and oxygen atoms in total. The van der Waals surface area contributed by atoms with E-state index in [4.69, 9.17) is 23.2 Å². The Labute approximate surface area is 100 Å². The molecule has 0 bridgehead atoms. The lowest BCUT2D eigenvalue weighted by Crippen LogP contribution is -2.03. The lowest BCUT2D eigenvalue weighted by molar-refractivity contribution is 0.0899. The first-order valence-electron chi connectivity index (χ1n) is 4.35. The third-order valence-electron chi connectivity index (χ3n) is 2.02. The molecule has 0 radical (unpaired) electrons. The minimum absolute atomic E-state index is 0.395. The van der Waals surface area contributed by atoms with Gasteiger partial charge in [0.15, 0.2) is 0 Å². The first-order chi connectivity index (χ1) is 7.47. The normalized spacial score (nSPS) is 11.8. The smallest absolute Gasteiger partial charge is 0.274 e. The summed E-state index contributed by atoms with van der Waals surface area (Å²) < 4.78 is 25.4. The van der Waals surface area contributed by atoms with Gasteiger partial charge in [0.1, 0.15) is 5.69 Å². The zero-order chi connectivity index (χ0) is 11.8. The number of alkyl halides is 3. The average molecular weight is 263 g/mol. The van der Waals surface area contributed by atoms with Gasteiger partial charge in [-0.15, -0.1) is 0 Å². The standard InChI is InChI=1S/C10H6Cl2F2N2/c11-7-3-1-6(2-4-7)8-5-9(16-15-8)10(12,13)14/h1-5H,(H,15,16). The van der Waals surface area contributed by atoms with Crippen molar-refractivity contribution in [3.05, 3.63) is 41.0 Å². The van der Waals surface area contributed by atoms with Gasteiger partial charge in [0.25, 0.3) is 0 Å². The predicted octanol–water partition coefficient (Wildman–Crippen LogP) is 4.02. The van der Waals surface area contributed by atoms with E-state index in [0.717, 1.165) is 0 Å². The third-order valence-corrected chi connectivity index (χ3v) is 2.48. The van der Waals surface area contributed by atoms with E-state index >= 15 is 0 Å². The average Bonchev–Trinajstić information content (AvgIpc) is 2.67. The maximum absolute atomic E-state index is 12.7. The number of benzene rings is 1. The van der Waals surface area contributed by atoms with Crippen LogP contribution in [0.3, 0.4) is 0 Å². The van der Waals surface area contributed by atoms with E-state index in [-0.39, 0.29) is 0 Å². The maximum Gasteiger partial charge on any atom is 0.364 e. The van der Waals surface area contributed by atoms with E-state index in [0.29, 0.717) is 16.3 Å². The van der Waals surface area contributed by atoms with Gasteiger partial charge in [0, 0.05) is 10.6 Å². The number of hydrogen-bond acceptors (Lipinski definition) is 1. The molecule has 1 heterocycles. The van der Waals surface area contributed by atoms with Gasteiger partial charge in [-0.2, -0.15) is 13.9 Å². The Morgan fingerprint density at radius 2 is 1.81 bits per heavy atom. The van der Waals surface area contributed by atoms with E-state index in [1.807, 2.05) is 0 Å². The fraction of sp³-hybridized carbons (Fsp3) is 0.100. The van der Waals surface area contributed by atoms with Crippen LogP contribution in [0.5, 0.6) is 0 Å². The second kappa shape index (κ2) is 4.03. The molecular weight excluding hydrogens is 257 g/mol. The van der Waals surface area contributed by atoms with Gasteiger partial charge in [-0.1, -0.05) is 23.7 Å². The van der Waals surface area contributed by atoms with Crippen molar-refractivity contribution in [1.29, 1.82) is 0 Å². The van der Waals surface area contributed by atoms with Crippen LogP contribution in [-0.4, -0.2) is 10.2 Å². The molecule has 1 N–H and O–H groups in total. The van der Waals surface area contributed by atoms with Crippen molar-refractivity contribution in [3.63, 3.8) is 0 Å². The van der Waals surface area contributed by atoms with E-state index in [1.165, 1.54) is 6.07 Å². The van der Waals surface area contributed by atoms with Crippen LogP contribution in [-0.2, 0) is 5.38 Å². The van der Waals surface area contributed by atoms with Crippen LogP contribution < -0.4 is 0 Å². The molecule has 0 fully saturated rings. The molecule has 2 rings (SSSR count). The number of hydrogen-bond donors (Lipinski definition) is 1. The summed E-state index contributed by atoms with van der Waals surface area (Å²) in [6, 6.07) is 7.90. The summed E-state index contributed by atoms with van der Waals surface area (Å²) in [7, 11) is 0. The molecule has 84 valence electrons. The van der Waals surface area contributed by atoms with Gasteiger partial charge in [0.05, 0.1) is 5.69 Å². The molecule has 0 unspecified atom stereocenters. The van der Waals surface area contributed by atoms with Crippen molar-refractivity contribution in [2.75, 3.05) is 0 Å². The highest BCUT2D eigenvalue weighted by molar-refractivity contribution is 6.30. The molecule has 16 heavy (non-hydrogen) atoms. The Morgan fingerprint density at radius 1 is 1.19 bits per heavy atom. The predicted molar refractivity (Wildman–Crippen MR) is 58.8 cm³/mol. The largest absolute Gasteiger partial charge is 0.364 e. The number of aromatic nitrogens is 2. The summed E-state index contributed by atoms with van der Waals surface area (Å²) in [6.45, 7) is 0. The highest BCUT2D eigenvalue weighted by Gasteiger charge is 2.30. The summed E-state index contributed by atoms with van der Waals surface area (Å²) >= 11 is 10.6. The number of H-pyrrole nitrogens is 1. The van der Waals surface area contributed by atoms with E-state index in [1.54, 1.807) is 24.3 Å². The molecule has 0 atom stereocenters. The summed E-state index contributed by atoms with van der Waals surface area (Å²) in [5, 5.41) is 3.08. The van der Waals surface area contributed by atoms with Crippen molar-refractivity contribution >= 4 is 23.2 Å². The van der Waals surface area contributed by atoms with Crippen LogP contribution in [0.2, 0.25) is 5.02 Å². The van der Waals surface area contributed by atoms with Gasteiger partial charge in [-0.3, -0.25) is 5.10 Å². The van der Waals surface area contributed by atoms with Crippen molar-refractivity contribution < 1.29 is 8.78 Å². The molecule has 2 aromatic rings. The summed E-state index contributed by atoms with van der Waals surface area (Å²) in [4.78, 5) is 0. The highest BCUT2D eigenvalue weighted by Crippen LogP contribution is 2.32. The van der Waals surface area contributed by atoms with Crippen molar-refractivity contribution in [3.8, 4) is 11.3 Å². The minimum atomic E-state index is -3.43. The Bertz CT molecular complexity index is 488. The second-order valence-electron chi connectivity index (χ2n) is 3.17. The maximum atomic E-state index is 12.7. The van der Waals surface area contributed by atoms with Crippen molar-refractivity contribution in [1.82, 2.24) is 10.2 Å². The van der Waals surface area contributed by atoms with Crippen LogP contribution in [0.15, 0.2) is 30.3 Å². The molecular formula is C10H6Cl2F2N2. The second-order valence-corrected chi connectivity index (χ2v) is 4.08. The van der Waals surface area contributed by atoms with Crippen molar-refractivity contribution in [2.24, 2.45) is 0 Å². The summed E-state index contributed by atoms with van der Waals surface area (Å²) in [6.07, 6.45) is 0. The Hall–Kier alpha value is -1.13. The zero-order valence-corrected chi connectivity index (χ0v) is 9.36. The number of nitrogens with one attached hydrogen (secondary N) is 1. The first kappa shape index (κ1) is 11.4. The SMILES string of the molecule is FC(F)(Cl)c1cc(-c2ccc(Cl)cc2)n[nH]1. The molecule has 0 amide bonds. The van der Waals surface area contributed by atoms with Crippen LogP contribution in [0.25, 0.3) is 11.3 Å². The van der Waals surface area contributed by atoms with Crippen LogP contribution in [0, 0.1) is 0 Å². The lowest BCUT2D eigenvalue weighted by Gasteiger charge is -2.01. The third kappa shape index (κ3) is 2.33. The topological polar surface area (TPSA) is 28.7 Å². The van der Waals surface area contributed by atoms with E-state index in [2.05, 4.69) is 10.2 Å². The highest BCUT2D eigenvalue weighted by atomic mass is 35.5. The van der Waals surface area contributed by atoms with E-state index < -0.39 is 11.1 Å². The number of halogens is 4. The molecule has 0 aliphatic heterocycles. The quantitative estimate of drug-likeness (QED) is 0.814.